The van der Waals surface area contributed by atoms with E-state index in [0.29, 0.717) is 21.3 Å². The summed E-state index contributed by atoms with van der Waals surface area (Å²) >= 11 is 12.6. The topological polar surface area (TPSA) is 66.5 Å². The van der Waals surface area contributed by atoms with Crippen molar-refractivity contribution in [3.8, 4) is 0 Å². The van der Waals surface area contributed by atoms with E-state index in [4.69, 9.17) is 23.2 Å². The molecule has 0 aliphatic heterocycles. The van der Waals surface area contributed by atoms with Crippen LogP contribution in [0, 0.1) is 6.92 Å². The molecular formula is C24H24Cl2N2O3S. The van der Waals surface area contributed by atoms with E-state index in [2.05, 4.69) is 5.32 Å². The third-order valence-corrected chi connectivity index (χ3v) is 7.56. The monoisotopic (exact) mass is 490 g/mol. The summed E-state index contributed by atoms with van der Waals surface area (Å²) in [5.74, 6) is -0.454. The molecule has 3 aromatic carbocycles. The van der Waals surface area contributed by atoms with Crippen LogP contribution >= 0.6 is 23.2 Å². The molecular weight excluding hydrogens is 467 g/mol. The van der Waals surface area contributed by atoms with Crippen molar-refractivity contribution in [1.29, 1.82) is 0 Å². The quantitative estimate of drug-likeness (QED) is 0.440. The first-order valence-electron chi connectivity index (χ1n) is 10.1. The molecule has 1 N–H and O–H groups in total. The summed E-state index contributed by atoms with van der Waals surface area (Å²) in [6, 6.07) is 18.8. The Morgan fingerprint density at radius 2 is 1.56 bits per heavy atom. The summed E-state index contributed by atoms with van der Waals surface area (Å²) in [4.78, 5) is 13.0. The number of benzene rings is 3. The summed E-state index contributed by atoms with van der Waals surface area (Å²) < 4.78 is 28.0. The van der Waals surface area contributed by atoms with Gasteiger partial charge in [-0.25, -0.2) is 8.42 Å². The molecule has 0 fully saturated rings. The van der Waals surface area contributed by atoms with Gasteiger partial charge in [0, 0.05) is 27.8 Å². The number of nitrogens with one attached hydrogen (secondary N) is 1. The van der Waals surface area contributed by atoms with Gasteiger partial charge in [0.1, 0.15) is 0 Å². The SMILES string of the molecule is CCc1ccccc1NC(=O)CN(Cc1c(Cl)cccc1Cl)S(=O)(=O)c1ccc(C)cc1. The van der Waals surface area contributed by atoms with Gasteiger partial charge in [0.2, 0.25) is 15.9 Å². The number of amides is 1. The smallest absolute Gasteiger partial charge is 0.243 e. The minimum Gasteiger partial charge on any atom is -0.325 e. The van der Waals surface area contributed by atoms with Gasteiger partial charge in [0.15, 0.2) is 0 Å². The molecule has 0 aliphatic rings. The van der Waals surface area contributed by atoms with Crippen molar-refractivity contribution >= 4 is 44.8 Å². The van der Waals surface area contributed by atoms with Crippen molar-refractivity contribution < 1.29 is 13.2 Å². The number of halogens is 2. The van der Waals surface area contributed by atoms with Crippen LogP contribution in [0.4, 0.5) is 5.69 Å². The standard InChI is InChI=1S/C24H24Cl2N2O3S/c1-3-18-7-4-5-10-23(18)27-24(29)16-28(15-20-21(25)8-6-9-22(20)26)32(30,31)19-13-11-17(2)12-14-19/h4-14H,3,15-16H2,1-2H3,(H,27,29). The van der Waals surface area contributed by atoms with E-state index in [1.165, 1.54) is 12.1 Å². The zero-order valence-electron chi connectivity index (χ0n) is 17.8. The zero-order chi connectivity index (χ0) is 23.3. The molecule has 0 heterocycles. The highest BCUT2D eigenvalue weighted by molar-refractivity contribution is 7.89. The van der Waals surface area contributed by atoms with Crippen LogP contribution in [0.25, 0.3) is 0 Å². The number of aryl methyl sites for hydroxylation is 2. The normalized spacial score (nSPS) is 11.5. The first kappa shape index (κ1) is 24.3. The number of anilines is 1. The Morgan fingerprint density at radius 1 is 0.938 bits per heavy atom. The second kappa shape index (κ2) is 10.5. The maximum Gasteiger partial charge on any atom is 0.243 e. The van der Waals surface area contributed by atoms with Gasteiger partial charge in [-0.15, -0.1) is 0 Å². The van der Waals surface area contributed by atoms with Crippen LogP contribution in [0.2, 0.25) is 10.0 Å². The number of nitrogens with zero attached hydrogens (tertiary/aromatic N) is 1. The predicted octanol–water partition coefficient (Wildman–Crippen LogP) is 5.69. The lowest BCUT2D eigenvalue weighted by Gasteiger charge is -2.23. The molecule has 1 amide bonds. The Morgan fingerprint density at radius 3 is 2.19 bits per heavy atom. The first-order chi connectivity index (χ1) is 15.2. The molecule has 0 aromatic heterocycles. The molecule has 0 atom stereocenters. The van der Waals surface area contributed by atoms with E-state index in [0.717, 1.165) is 21.9 Å². The molecule has 32 heavy (non-hydrogen) atoms. The van der Waals surface area contributed by atoms with Gasteiger partial charge in [-0.05, 0) is 49.2 Å². The number of carbonyl (C=O) groups is 1. The van der Waals surface area contributed by atoms with Gasteiger partial charge in [-0.3, -0.25) is 4.79 Å². The Balaban J connectivity index is 1.94. The van der Waals surface area contributed by atoms with E-state index in [1.54, 1.807) is 36.4 Å². The molecule has 0 saturated heterocycles. The lowest BCUT2D eigenvalue weighted by atomic mass is 10.1. The second-order valence-electron chi connectivity index (χ2n) is 7.35. The minimum atomic E-state index is -4.00. The third kappa shape index (κ3) is 5.70. The average Bonchev–Trinajstić information content (AvgIpc) is 2.76. The molecule has 3 aromatic rings. The van der Waals surface area contributed by atoms with Gasteiger partial charge < -0.3 is 5.32 Å². The Bertz CT molecular complexity index is 1190. The van der Waals surface area contributed by atoms with Crippen LogP contribution in [0.3, 0.4) is 0 Å². The van der Waals surface area contributed by atoms with Crippen LogP contribution in [0.15, 0.2) is 71.6 Å². The summed E-state index contributed by atoms with van der Waals surface area (Å²) in [5.41, 5.74) is 2.98. The average molecular weight is 491 g/mol. The van der Waals surface area contributed by atoms with Gasteiger partial charge in [0.25, 0.3) is 0 Å². The van der Waals surface area contributed by atoms with Crippen molar-refractivity contribution in [1.82, 2.24) is 4.31 Å². The summed E-state index contributed by atoms with van der Waals surface area (Å²) in [7, 11) is -4.00. The molecule has 0 saturated carbocycles. The van der Waals surface area contributed by atoms with Crippen molar-refractivity contribution in [2.24, 2.45) is 0 Å². The van der Waals surface area contributed by atoms with Crippen LogP contribution < -0.4 is 5.32 Å². The number of hydrogen-bond acceptors (Lipinski definition) is 3. The number of carbonyl (C=O) groups excluding carboxylic acids is 1. The molecule has 5 nitrogen and oxygen atoms in total. The maximum absolute atomic E-state index is 13.4. The minimum absolute atomic E-state index is 0.0908. The fourth-order valence-electron chi connectivity index (χ4n) is 3.25. The van der Waals surface area contributed by atoms with Gasteiger partial charge in [-0.2, -0.15) is 4.31 Å². The van der Waals surface area contributed by atoms with Crippen LogP contribution in [-0.2, 0) is 27.8 Å². The van der Waals surface area contributed by atoms with Gasteiger partial charge in [0.05, 0.1) is 11.4 Å². The first-order valence-corrected chi connectivity index (χ1v) is 12.3. The fourth-order valence-corrected chi connectivity index (χ4v) is 5.13. The lowest BCUT2D eigenvalue weighted by molar-refractivity contribution is -0.116. The largest absolute Gasteiger partial charge is 0.325 e. The predicted molar refractivity (Wildman–Crippen MR) is 130 cm³/mol. The highest BCUT2D eigenvalue weighted by Gasteiger charge is 2.28. The van der Waals surface area contributed by atoms with Crippen LogP contribution in [0.5, 0.6) is 0 Å². The van der Waals surface area contributed by atoms with Crippen molar-refractivity contribution in [2.75, 3.05) is 11.9 Å². The highest BCUT2D eigenvalue weighted by atomic mass is 35.5. The van der Waals surface area contributed by atoms with Gasteiger partial charge >= 0.3 is 0 Å². The second-order valence-corrected chi connectivity index (χ2v) is 10.1. The van der Waals surface area contributed by atoms with Gasteiger partial charge in [-0.1, -0.05) is 72.1 Å². The molecule has 0 aliphatic carbocycles. The number of sulfonamides is 1. The van der Waals surface area contributed by atoms with Crippen molar-refractivity contribution in [3.63, 3.8) is 0 Å². The van der Waals surface area contributed by atoms with E-state index >= 15 is 0 Å². The maximum atomic E-state index is 13.4. The molecule has 0 spiro atoms. The summed E-state index contributed by atoms with van der Waals surface area (Å²) in [6.07, 6.45) is 0.733. The van der Waals surface area contributed by atoms with E-state index in [-0.39, 0.29) is 11.4 Å². The summed E-state index contributed by atoms with van der Waals surface area (Å²) in [5, 5.41) is 3.49. The van der Waals surface area contributed by atoms with E-state index in [1.807, 2.05) is 32.0 Å². The molecule has 3 rings (SSSR count). The molecule has 8 heteroatoms. The molecule has 168 valence electrons. The molecule has 0 radical (unpaired) electrons. The third-order valence-electron chi connectivity index (χ3n) is 5.05. The highest BCUT2D eigenvalue weighted by Crippen LogP contribution is 2.28. The van der Waals surface area contributed by atoms with Crippen LogP contribution in [-0.4, -0.2) is 25.2 Å². The molecule has 0 unspecified atom stereocenters. The van der Waals surface area contributed by atoms with Crippen molar-refractivity contribution in [3.05, 3.63) is 93.5 Å². The van der Waals surface area contributed by atoms with E-state index in [9.17, 15) is 13.2 Å². The number of rotatable bonds is 8. The summed E-state index contributed by atoms with van der Waals surface area (Å²) in [6.45, 7) is 3.32. The number of para-hydroxylation sites is 1. The van der Waals surface area contributed by atoms with Crippen LogP contribution in [0.1, 0.15) is 23.6 Å². The zero-order valence-corrected chi connectivity index (χ0v) is 20.1. The Hall–Kier alpha value is -2.38. The Kier molecular flexibility index (Phi) is 7.96. The van der Waals surface area contributed by atoms with Crippen molar-refractivity contribution in [2.45, 2.75) is 31.7 Å². The fraction of sp³-hybridized carbons (Fsp3) is 0.208. The molecule has 0 bridgehead atoms. The lowest BCUT2D eigenvalue weighted by Crippen LogP contribution is -2.37. The number of hydrogen-bond donors (Lipinski definition) is 1. The van der Waals surface area contributed by atoms with E-state index < -0.39 is 22.5 Å². The Labute approximate surface area is 199 Å².